The summed E-state index contributed by atoms with van der Waals surface area (Å²) in [5.41, 5.74) is -5.81. The Bertz CT molecular complexity index is 1280. The molecule has 2 atom stereocenters. The molecule has 37 heavy (non-hydrogen) atoms. The van der Waals surface area contributed by atoms with E-state index >= 15 is 4.39 Å². The van der Waals surface area contributed by atoms with Gasteiger partial charge in [0.05, 0.1) is 35.1 Å². The molecule has 2 aromatic rings. The summed E-state index contributed by atoms with van der Waals surface area (Å²) < 4.78 is 108. The summed E-state index contributed by atoms with van der Waals surface area (Å²) in [5, 5.41) is -0.775. The quantitative estimate of drug-likeness (QED) is 0.536. The summed E-state index contributed by atoms with van der Waals surface area (Å²) >= 11 is 5.54. The number of hydrogen-bond donors (Lipinski definition) is 1. The molecule has 1 saturated heterocycles. The fraction of sp³-hybridized carbons (Fsp3) is 0.364. The number of rotatable bonds is 5. The molecular formula is C22H17ClF7N3O3S. The molecule has 3 heterocycles. The number of likely N-dealkylation sites (tertiary alicyclic amines) is 1. The normalized spacial score (nSPS) is 22.2. The van der Waals surface area contributed by atoms with Gasteiger partial charge in [-0.05, 0) is 30.3 Å². The van der Waals surface area contributed by atoms with E-state index < -0.39 is 56.5 Å². The van der Waals surface area contributed by atoms with Crippen LogP contribution >= 0.6 is 11.6 Å². The number of hydrogen-bond acceptors (Lipinski definition) is 5. The maximum Gasteiger partial charge on any atom is 0.428 e. The molecule has 6 nitrogen and oxygen atoms in total. The molecule has 4 rings (SSSR count). The van der Waals surface area contributed by atoms with Gasteiger partial charge in [-0.25, -0.2) is 4.39 Å². The van der Waals surface area contributed by atoms with E-state index in [2.05, 4.69) is 10.5 Å². The minimum Gasteiger partial charge on any atom is -0.334 e. The van der Waals surface area contributed by atoms with E-state index in [-0.39, 0.29) is 41.9 Å². The fourth-order valence-electron chi connectivity index (χ4n) is 3.94. The number of halogens is 8. The van der Waals surface area contributed by atoms with Crippen molar-refractivity contribution < 1.29 is 44.6 Å². The summed E-state index contributed by atoms with van der Waals surface area (Å²) in [7, 11) is -1.39. The summed E-state index contributed by atoms with van der Waals surface area (Å²) in [6.07, 6.45) is -7.21. The van der Waals surface area contributed by atoms with Crippen molar-refractivity contribution >= 4 is 34.0 Å². The van der Waals surface area contributed by atoms with E-state index in [0.29, 0.717) is 12.1 Å². The monoisotopic (exact) mass is 571 g/mol. The lowest BCUT2D eigenvalue weighted by atomic mass is 9.89. The first-order valence-electron chi connectivity index (χ1n) is 10.4. The van der Waals surface area contributed by atoms with Crippen molar-refractivity contribution in [2.75, 3.05) is 25.1 Å². The number of nitrogens with one attached hydrogen (secondary N) is 1. The highest BCUT2D eigenvalue weighted by Crippen LogP contribution is 2.49. The molecule has 0 radical (unpaired) electrons. The highest BCUT2D eigenvalue weighted by atomic mass is 35.5. The van der Waals surface area contributed by atoms with Gasteiger partial charge in [-0.2, -0.15) is 26.3 Å². The van der Waals surface area contributed by atoms with Crippen molar-refractivity contribution in [3.05, 3.63) is 70.0 Å². The topological polar surface area (TPSA) is 71.5 Å². The Morgan fingerprint density at radius 1 is 1.19 bits per heavy atom. The van der Waals surface area contributed by atoms with Gasteiger partial charge >= 0.3 is 12.4 Å². The van der Waals surface area contributed by atoms with Crippen molar-refractivity contribution in [3.8, 4) is 0 Å². The number of hydroxylamine groups is 1. The second-order valence-electron chi connectivity index (χ2n) is 8.55. The number of nitrogens with zero attached hydrogens (tertiary/aromatic N) is 2. The van der Waals surface area contributed by atoms with Crippen LogP contribution in [0.15, 0.2) is 42.6 Å². The molecule has 2 unspecified atom stereocenters. The number of pyridine rings is 1. The van der Waals surface area contributed by atoms with Crippen molar-refractivity contribution in [3.63, 3.8) is 0 Å². The number of carbonyl (C=O) groups is 1. The van der Waals surface area contributed by atoms with E-state index in [1.165, 1.54) is 23.3 Å². The summed E-state index contributed by atoms with van der Waals surface area (Å²) in [4.78, 5) is 21.8. The second-order valence-corrected chi connectivity index (χ2v) is 10.4. The Hall–Kier alpha value is -2.71. The van der Waals surface area contributed by atoms with E-state index in [4.69, 9.17) is 16.4 Å². The van der Waals surface area contributed by atoms with Gasteiger partial charge in [0, 0.05) is 34.4 Å². The summed E-state index contributed by atoms with van der Waals surface area (Å²) in [6.45, 7) is -0.649. The molecule has 0 bridgehead atoms. The van der Waals surface area contributed by atoms with Gasteiger partial charge in [0.25, 0.3) is 0 Å². The molecular weight excluding hydrogens is 555 g/mol. The molecule has 200 valence electrons. The number of alkyl halides is 7. The van der Waals surface area contributed by atoms with Crippen molar-refractivity contribution in [1.29, 1.82) is 0 Å². The average Bonchev–Trinajstić information content (AvgIpc) is 3.23. The van der Waals surface area contributed by atoms with Crippen LogP contribution in [0.25, 0.3) is 5.70 Å². The molecule has 15 heteroatoms. The molecule has 2 aliphatic rings. The minimum absolute atomic E-state index is 0.0390. The molecule has 0 spiro atoms. The average molecular weight is 572 g/mol. The third kappa shape index (κ3) is 5.06. The van der Waals surface area contributed by atoms with E-state index in [1.807, 2.05) is 0 Å². The predicted molar refractivity (Wildman–Crippen MR) is 119 cm³/mol. The standard InChI is InChI=1S/C22H17ClF7N3O3S/c1-37(35)9-18(34)33-10-19(24,11-33)17-5-2-12(8-31-17)16-7-20(36-32-16,22(28,29)30)13-3-4-15(23)14(6-13)21(25,26)27/h2-8,32H,9-11H2,1H3. The smallest absolute Gasteiger partial charge is 0.334 e. The van der Waals surface area contributed by atoms with Crippen LogP contribution in [0, 0.1) is 0 Å². The van der Waals surface area contributed by atoms with Gasteiger partial charge in [-0.15, -0.1) is 0 Å². The van der Waals surface area contributed by atoms with Crippen molar-refractivity contribution in [1.82, 2.24) is 15.4 Å². The third-order valence-corrected chi connectivity index (χ3v) is 6.87. The predicted octanol–water partition coefficient (Wildman–Crippen LogP) is 4.47. The lowest BCUT2D eigenvalue weighted by Crippen LogP contribution is -2.60. The Morgan fingerprint density at radius 2 is 1.86 bits per heavy atom. The van der Waals surface area contributed by atoms with Crippen LogP contribution in [0.2, 0.25) is 5.02 Å². The van der Waals surface area contributed by atoms with Crippen LogP contribution in [0.5, 0.6) is 0 Å². The SMILES string of the molecule is CS(=O)CC(=O)N1CC(F)(c2ccc(C3=CC(c4ccc(Cl)c(C(F)(F)F)c4)(C(F)(F)F)ON3)cn2)C1. The van der Waals surface area contributed by atoms with E-state index in [9.17, 15) is 35.3 Å². The first kappa shape index (κ1) is 27.3. The Labute approximate surface area is 212 Å². The lowest BCUT2D eigenvalue weighted by molar-refractivity contribution is -0.269. The summed E-state index contributed by atoms with van der Waals surface area (Å²) in [5.74, 6) is -0.732. The van der Waals surface area contributed by atoms with Gasteiger partial charge in [-0.1, -0.05) is 17.7 Å². The van der Waals surface area contributed by atoms with E-state index in [1.54, 1.807) is 0 Å². The molecule has 1 aromatic heterocycles. The zero-order chi connectivity index (χ0) is 27.4. The largest absolute Gasteiger partial charge is 0.428 e. The molecule has 1 fully saturated rings. The van der Waals surface area contributed by atoms with Gasteiger partial charge < -0.3 is 4.90 Å². The highest BCUT2D eigenvalue weighted by molar-refractivity contribution is 7.85. The van der Waals surface area contributed by atoms with Crippen LogP contribution in [0.4, 0.5) is 30.7 Å². The summed E-state index contributed by atoms with van der Waals surface area (Å²) in [6, 6.07) is 4.22. The molecule has 1 amide bonds. The first-order valence-corrected chi connectivity index (χ1v) is 12.5. The molecule has 0 aliphatic carbocycles. The maximum absolute atomic E-state index is 15.1. The van der Waals surface area contributed by atoms with Crippen LogP contribution in [-0.2, 0) is 37.9 Å². The lowest BCUT2D eigenvalue weighted by Gasteiger charge is -2.43. The third-order valence-electron chi connectivity index (χ3n) is 5.89. The van der Waals surface area contributed by atoms with Crippen LogP contribution in [-0.4, -0.2) is 51.3 Å². The fourth-order valence-corrected chi connectivity index (χ4v) is 4.69. The zero-order valence-electron chi connectivity index (χ0n) is 18.7. The number of carbonyl (C=O) groups excluding carboxylic acids is 1. The number of aromatic nitrogens is 1. The highest BCUT2D eigenvalue weighted by Gasteiger charge is 2.60. The zero-order valence-corrected chi connectivity index (χ0v) is 20.3. The first-order chi connectivity index (χ1) is 17.1. The number of benzene rings is 1. The van der Waals surface area contributed by atoms with Crippen molar-refractivity contribution in [2.24, 2.45) is 0 Å². The Balaban J connectivity index is 1.61. The Morgan fingerprint density at radius 3 is 2.41 bits per heavy atom. The molecule has 1 N–H and O–H groups in total. The van der Waals surface area contributed by atoms with Crippen LogP contribution < -0.4 is 5.48 Å². The molecule has 0 saturated carbocycles. The second kappa shape index (κ2) is 9.24. The van der Waals surface area contributed by atoms with Gasteiger partial charge in [0.1, 0.15) is 5.75 Å². The van der Waals surface area contributed by atoms with Gasteiger partial charge in [0.2, 0.25) is 11.5 Å². The van der Waals surface area contributed by atoms with Gasteiger partial charge in [-0.3, -0.25) is 24.3 Å². The molecule has 2 aliphatic heterocycles. The molecule has 1 aromatic carbocycles. The van der Waals surface area contributed by atoms with Crippen molar-refractivity contribution in [2.45, 2.75) is 23.6 Å². The van der Waals surface area contributed by atoms with Crippen LogP contribution in [0.1, 0.15) is 22.4 Å². The van der Waals surface area contributed by atoms with Gasteiger partial charge in [0.15, 0.2) is 5.67 Å². The maximum atomic E-state index is 15.1. The van der Waals surface area contributed by atoms with E-state index in [0.717, 1.165) is 12.3 Å². The van der Waals surface area contributed by atoms with Crippen LogP contribution in [0.3, 0.4) is 0 Å². The number of amides is 1. The Kier molecular flexibility index (Phi) is 6.82. The minimum atomic E-state index is -5.18.